The zero-order valence-corrected chi connectivity index (χ0v) is 20.8. The zero-order valence-electron chi connectivity index (χ0n) is 19.2. The quantitative estimate of drug-likeness (QED) is 0.179. The Hall–Kier alpha value is -4.17. The fraction of sp³-hybridized carbons (Fsp3) is 0.0417. The van der Waals surface area contributed by atoms with Gasteiger partial charge < -0.3 is 10.6 Å². The van der Waals surface area contributed by atoms with E-state index in [0.717, 1.165) is 12.1 Å². The molecule has 11 nitrogen and oxygen atoms in total. The molecule has 4 N–H and O–H groups in total. The Bertz CT molecular complexity index is 1760. The van der Waals surface area contributed by atoms with Crippen molar-refractivity contribution in [3.05, 3.63) is 84.4 Å². The summed E-state index contributed by atoms with van der Waals surface area (Å²) < 4.78 is 66.8. The standard InChI is InChI=1S/C24H20N4O7S2/c1-15-12-17(26-24(29)25-16-6-3-2-4-7-16)10-11-21(15)28-27-18-13-20-19(23(14-18)37(33,34)35)8-5-9-22(20)36(30,31)32/h2-14H,1H3,(H2,25,26,29)(H,30,31,32)(H,33,34,35). The van der Waals surface area contributed by atoms with E-state index in [2.05, 4.69) is 20.9 Å². The number of benzene rings is 4. The molecule has 190 valence electrons. The summed E-state index contributed by atoms with van der Waals surface area (Å²) in [6.45, 7) is 1.72. The van der Waals surface area contributed by atoms with Crippen LogP contribution in [-0.2, 0) is 20.2 Å². The molecule has 4 aromatic carbocycles. The number of hydrogen-bond acceptors (Lipinski definition) is 7. The second-order valence-electron chi connectivity index (χ2n) is 7.89. The van der Waals surface area contributed by atoms with E-state index >= 15 is 0 Å². The van der Waals surface area contributed by atoms with Crippen molar-refractivity contribution >= 4 is 59.8 Å². The molecule has 4 aromatic rings. The Labute approximate surface area is 212 Å². The molecule has 0 aromatic heterocycles. The highest BCUT2D eigenvalue weighted by atomic mass is 32.2. The van der Waals surface area contributed by atoms with Gasteiger partial charge in [0.25, 0.3) is 20.2 Å². The van der Waals surface area contributed by atoms with Crippen LogP contribution in [0.2, 0.25) is 0 Å². The fourth-order valence-corrected chi connectivity index (χ4v) is 5.00. The number of urea groups is 1. The molecule has 0 heterocycles. The summed E-state index contributed by atoms with van der Waals surface area (Å²) in [5.74, 6) is 0. The Balaban J connectivity index is 1.64. The summed E-state index contributed by atoms with van der Waals surface area (Å²) in [6.07, 6.45) is 0. The molecule has 0 spiro atoms. The van der Waals surface area contributed by atoms with Crippen molar-refractivity contribution in [2.45, 2.75) is 16.7 Å². The molecule has 2 amide bonds. The first-order chi connectivity index (χ1) is 17.4. The Morgan fingerprint density at radius 2 is 1.38 bits per heavy atom. The molecule has 37 heavy (non-hydrogen) atoms. The largest absolute Gasteiger partial charge is 0.323 e. The van der Waals surface area contributed by atoms with Crippen LogP contribution in [0.25, 0.3) is 10.8 Å². The third-order valence-corrected chi connectivity index (χ3v) is 7.02. The number of carbonyl (C=O) groups is 1. The minimum Gasteiger partial charge on any atom is -0.308 e. The van der Waals surface area contributed by atoms with Gasteiger partial charge in [0.2, 0.25) is 0 Å². The first-order valence-corrected chi connectivity index (χ1v) is 13.5. The van der Waals surface area contributed by atoms with Gasteiger partial charge in [-0.2, -0.15) is 27.1 Å². The van der Waals surface area contributed by atoms with E-state index < -0.39 is 36.1 Å². The minimum atomic E-state index is -4.77. The van der Waals surface area contributed by atoms with Crippen LogP contribution < -0.4 is 10.6 Å². The van der Waals surface area contributed by atoms with Gasteiger partial charge in [0.05, 0.1) is 11.4 Å². The highest BCUT2D eigenvalue weighted by Crippen LogP contribution is 2.34. The lowest BCUT2D eigenvalue weighted by Gasteiger charge is -2.10. The van der Waals surface area contributed by atoms with E-state index in [1.807, 2.05) is 6.07 Å². The molecular weight excluding hydrogens is 520 g/mol. The van der Waals surface area contributed by atoms with E-state index in [9.17, 15) is 30.7 Å². The predicted octanol–water partition coefficient (Wildman–Crippen LogP) is 5.70. The van der Waals surface area contributed by atoms with Crippen molar-refractivity contribution in [3.8, 4) is 0 Å². The summed E-state index contributed by atoms with van der Waals surface area (Å²) >= 11 is 0. The van der Waals surface area contributed by atoms with Crippen LogP contribution >= 0.6 is 0 Å². The molecule has 0 radical (unpaired) electrons. The number of hydrogen-bond donors (Lipinski definition) is 4. The van der Waals surface area contributed by atoms with Gasteiger partial charge in [0.1, 0.15) is 9.79 Å². The highest BCUT2D eigenvalue weighted by Gasteiger charge is 2.21. The van der Waals surface area contributed by atoms with Crippen molar-refractivity contribution in [2.75, 3.05) is 10.6 Å². The summed E-state index contributed by atoms with van der Waals surface area (Å²) in [6, 6.07) is 19.2. The number of fused-ring (bicyclic) bond motifs is 1. The molecular formula is C24H20N4O7S2. The van der Waals surface area contributed by atoms with Crippen LogP contribution in [0.1, 0.15) is 5.56 Å². The van der Waals surface area contributed by atoms with Crippen LogP contribution in [0, 0.1) is 6.92 Å². The summed E-state index contributed by atoms with van der Waals surface area (Å²) in [7, 11) is -9.47. The highest BCUT2D eigenvalue weighted by molar-refractivity contribution is 7.86. The van der Waals surface area contributed by atoms with Crippen molar-refractivity contribution in [3.63, 3.8) is 0 Å². The molecule has 0 saturated carbocycles. The third-order valence-electron chi connectivity index (χ3n) is 5.22. The smallest absolute Gasteiger partial charge is 0.308 e. The van der Waals surface area contributed by atoms with Crippen molar-refractivity contribution in [1.29, 1.82) is 0 Å². The number of azo groups is 1. The molecule has 13 heteroatoms. The first kappa shape index (κ1) is 25.9. The minimum absolute atomic E-state index is 0.0833. The maximum atomic E-state index is 12.2. The lowest BCUT2D eigenvalue weighted by molar-refractivity contribution is 0.262. The van der Waals surface area contributed by atoms with Gasteiger partial charge in [-0.1, -0.05) is 30.3 Å². The number of rotatable bonds is 6. The van der Waals surface area contributed by atoms with Gasteiger partial charge in [-0.15, -0.1) is 0 Å². The number of nitrogens with one attached hydrogen (secondary N) is 2. The zero-order chi connectivity index (χ0) is 26.8. The maximum Gasteiger partial charge on any atom is 0.323 e. The predicted molar refractivity (Wildman–Crippen MR) is 138 cm³/mol. The third kappa shape index (κ3) is 6.16. The van der Waals surface area contributed by atoms with E-state index in [-0.39, 0.29) is 16.5 Å². The topological polar surface area (TPSA) is 175 Å². The normalized spacial score (nSPS) is 12.1. The van der Waals surface area contributed by atoms with Gasteiger partial charge in [-0.3, -0.25) is 9.11 Å². The lowest BCUT2D eigenvalue weighted by Crippen LogP contribution is -2.19. The summed E-state index contributed by atoms with van der Waals surface area (Å²) in [5, 5.41) is 13.2. The fourth-order valence-electron chi connectivity index (χ4n) is 3.58. The van der Waals surface area contributed by atoms with Gasteiger partial charge in [0, 0.05) is 22.1 Å². The number of nitrogens with zero attached hydrogens (tertiary/aromatic N) is 2. The Kier molecular flexibility index (Phi) is 7.05. The van der Waals surface area contributed by atoms with Gasteiger partial charge in [0.15, 0.2) is 0 Å². The van der Waals surface area contributed by atoms with E-state index in [1.165, 1.54) is 18.2 Å². The van der Waals surface area contributed by atoms with Crippen molar-refractivity contribution in [1.82, 2.24) is 0 Å². The molecule has 0 bridgehead atoms. The molecule has 0 aliphatic carbocycles. The van der Waals surface area contributed by atoms with Gasteiger partial charge in [-0.25, -0.2) is 4.79 Å². The van der Waals surface area contributed by atoms with Crippen LogP contribution in [-0.4, -0.2) is 32.0 Å². The molecule has 0 aliphatic rings. The Morgan fingerprint density at radius 1 is 0.703 bits per heavy atom. The summed E-state index contributed by atoms with van der Waals surface area (Å²) in [5.41, 5.74) is 2.03. The van der Waals surface area contributed by atoms with E-state index in [1.54, 1.807) is 49.4 Å². The van der Waals surface area contributed by atoms with Crippen LogP contribution in [0.3, 0.4) is 0 Å². The average molecular weight is 541 g/mol. The lowest BCUT2D eigenvalue weighted by atomic mass is 10.1. The first-order valence-electron chi connectivity index (χ1n) is 10.6. The summed E-state index contributed by atoms with van der Waals surface area (Å²) in [4.78, 5) is 11.1. The van der Waals surface area contributed by atoms with Crippen molar-refractivity contribution in [2.24, 2.45) is 10.2 Å². The molecule has 0 atom stereocenters. The second kappa shape index (κ2) is 10.1. The molecule has 0 unspecified atom stereocenters. The molecule has 0 fully saturated rings. The van der Waals surface area contributed by atoms with Crippen LogP contribution in [0.4, 0.5) is 27.5 Å². The van der Waals surface area contributed by atoms with E-state index in [4.69, 9.17) is 0 Å². The number of anilines is 2. The number of aryl methyl sites for hydroxylation is 1. The molecule has 0 aliphatic heterocycles. The number of para-hydroxylation sites is 1. The molecule has 4 rings (SSSR count). The molecule has 0 saturated heterocycles. The second-order valence-corrected chi connectivity index (χ2v) is 10.7. The van der Waals surface area contributed by atoms with Crippen LogP contribution in [0.5, 0.6) is 0 Å². The monoisotopic (exact) mass is 540 g/mol. The maximum absolute atomic E-state index is 12.2. The van der Waals surface area contributed by atoms with E-state index in [0.29, 0.717) is 22.6 Å². The average Bonchev–Trinajstić information content (AvgIpc) is 2.82. The van der Waals surface area contributed by atoms with Gasteiger partial charge in [-0.05, 0) is 61.0 Å². The number of carbonyl (C=O) groups excluding carboxylic acids is 1. The Morgan fingerprint density at radius 3 is 2.03 bits per heavy atom. The SMILES string of the molecule is Cc1cc(NC(=O)Nc2ccccc2)ccc1N=Nc1cc(S(=O)(=O)O)c2cccc(S(=O)(=O)O)c2c1. The van der Waals surface area contributed by atoms with Crippen LogP contribution in [0.15, 0.2) is 98.9 Å². The van der Waals surface area contributed by atoms with Gasteiger partial charge >= 0.3 is 6.03 Å². The van der Waals surface area contributed by atoms with Crippen molar-refractivity contribution < 1.29 is 30.7 Å². The number of amides is 2.